The summed E-state index contributed by atoms with van der Waals surface area (Å²) in [6, 6.07) is 4.61. The van der Waals surface area contributed by atoms with E-state index >= 15 is 0 Å². The number of benzene rings is 1. The van der Waals surface area contributed by atoms with Crippen LogP contribution in [0.1, 0.15) is 37.6 Å². The molecular weight excluding hydrogens is 290 g/mol. The SMILES string of the molecule is CC(C)(C)CC(CN)C(=O)Nc1ccc(Cl)c(C(N)=O)c1. The predicted molar refractivity (Wildman–Crippen MR) is 85.2 cm³/mol. The number of primary amides is 1. The standard InChI is InChI=1S/C15H22ClN3O2/c1-15(2,3)7-9(8-17)14(21)19-10-4-5-12(16)11(6-10)13(18)20/h4-6,9H,7-8,17H2,1-3H3,(H2,18,20)(H,19,21). The lowest BCUT2D eigenvalue weighted by molar-refractivity contribution is -0.120. The van der Waals surface area contributed by atoms with Crippen molar-refractivity contribution in [2.24, 2.45) is 22.8 Å². The summed E-state index contributed by atoms with van der Waals surface area (Å²) >= 11 is 5.87. The topological polar surface area (TPSA) is 98.2 Å². The average molecular weight is 312 g/mol. The number of anilines is 1. The molecule has 0 aliphatic heterocycles. The van der Waals surface area contributed by atoms with Crippen molar-refractivity contribution in [1.82, 2.24) is 0 Å². The summed E-state index contributed by atoms with van der Waals surface area (Å²) in [5, 5.41) is 3.01. The van der Waals surface area contributed by atoms with Crippen LogP contribution in [0.3, 0.4) is 0 Å². The maximum Gasteiger partial charge on any atom is 0.250 e. The van der Waals surface area contributed by atoms with Gasteiger partial charge in [0.2, 0.25) is 11.8 Å². The van der Waals surface area contributed by atoms with Gasteiger partial charge in [-0.15, -0.1) is 0 Å². The van der Waals surface area contributed by atoms with Crippen molar-refractivity contribution in [1.29, 1.82) is 0 Å². The Morgan fingerprint density at radius 2 is 1.95 bits per heavy atom. The zero-order valence-electron chi connectivity index (χ0n) is 12.6. The van der Waals surface area contributed by atoms with Gasteiger partial charge in [-0.05, 0) is 30.0 Å². The number of rotatable bonds is 5. The monoisotopic (exact) mass is 311 g/mol. The lowest BCUT2D eigenvalue weighted by Gasteiger charge is -2.24. The van der Waals surface area contributed by atoms with Gasteiger partial charge in [0.1, 0.15) is 0 Å². The first-order valence-electron chi connectivity index (χ1n) is 6.74. The van der Waals surface area contributed by atoms with Crippen LogP contribution >= 0.6 is 11.6 Å². The molecule has 1 aromatic rings. The molecule has 0 radical (unpaired) electrons. The van der Waals surface area contributed by atoms with Gasteiger partial charge in [0.25, 0.3) is 0 Å². The van der Waals surface area contributed by atoms with Gasteiger partial charge in [0.05, 0.1) is 16.5 Å². The lowest BCUT2D eigenvalue weighted by Crippen LogP contribution is -2.32. The van der Waals surface area contributed by atoms with Gasteiger partial charge in [-0.1, -0.05) is 32.4 Å². The van der Waals surface area contributed by atoms with Crippen LogP contribution in [0.4, 0.5) is 5.69 Å². The van der Waals surface area contributed by atoms with E-state index in [9.17, 15) is 9.59 Å². The Kier molecular flexibility index (Phi) is 5.75. The first-order valence-corrected chi connectivity index (χ1v) is 7.12. The Hall–Kier alpha value is -1.59. The Morgan fingerprint density at radius 1 is 1.33 bits per heavy atom. The van der Waals surface area contributed by atoms with E-state index in [1.807, 2.05) is 0 Å². The summed E-state index contributed by atoms with van der Waals surface area (Å²) in [5.41, 5.74) is 11.6. The minimum atomic E-state index is -0.638. The molecule has 0 fully saturated rings. The van der Waals surface area contributed by atoms with Gasteiger partial charge in [0.15, 0.2) is 0 Å². The maximum absolute atomic E-state index is 12.2. The summed E-state index contributed by atoms with van der Waals surface area (Å²) in [6.45, 7) is 6.42. The Labute approximate surface area is 130 Å². The number of amides is 2. The first kappa shape index (κ1) is 17.5. The number of nitrogens with one attached hydrogen (secondary N) is 1. The Bertz CT molecular complexity index is 538. The molecule has 6 heteroatoms. The quantitative estimate of drug-likeness (QED) is 0.778. The van der Waals surface area contributed by atoms with E-state index in [4.69, 9.17) is 23.1 Å². The number of carbonyl (C=O) groups excluding carboxylic acids is 2. The molecule has 1 atom stereocenters. The fraction of sp³-hybridized carbons (Fsp3) is 0.467. The van der Waals surface area contributed by atoms with Crippen LogP contribution < -0.4 is 16.8 Å². The minimum Gasteiger partial charge on any atom is -0.366 e. The molecule has 0 spiro atoms. The summed E-state index contributed by atoms with van der Waals surface area (Å²) in [7, 11) is 0. The van der Waals surface area contributed by atoms with E-state index in [-0.39, 0.29) is 34.4 Å². The van der Waals surface area contributed by atoms with Gasteiger partial charge in [-0.25, -0.2) is 0 Å². The third-order valence-electron chi connectivity index (χ3n) is 3.01. The fourth-order valence-electron chi connectivity index (χ4n) is 2.06. The Morgan fingerprint density at radius 3 is 2.43 bits per heavy atom. The average Bonchev–Trinajstić information content (AvgIpc) is 2.36. The highest BCUT2D eigenvalue weighted by Gasteiger charge is 2.24. The second-order valence-electron chi connectivity index (χ2n) is 6.25. The predicted octanol–water partition coefficient (Wildman–Crippen LogP) is 2.39. The second kappa shape index (κ2) is 6.91. The van der Waals surface area contributed by atoms with E-state index in [1.54, 1.807) is 6.07 Å². The number of halogens is 1. The maximum atomic E-state index is 12.2. The normalized spacial score (nSPS) is 12.8. The largest absolute Gasteiger partial charge is 0.366 e. The van der Waals surface area contributed by atoms with E-state index < -0.39 is 5.91 Å². The summed E-state index contributed by atoms with van der Waals surface area (Å²) < 4.78 is 0. The van der Waals surface area contributed by atoms with Crippen molar-refractivity contribution in [2.75, 3.05) is 11.9 Å². The first-order chi connectivity index (χ1) is 9.64. The van der Waals surface area contributed by atoms with Crippen LogP contribution in [0, 0.1) is 11.3 Å². The van der Waals surface area contributed by atoms with Crippen molar-refractivity contribution >= 4 is 29.1 Å². The highest BCUT2D eigenvalue weighted by Crippen LogP contribution is 2.25. The molecule has 0 aliphatic rings. The van der Waals surface area contributed by atoms with Crippen molar-refractivity contribution in [3.8, 4) is 0 Å². The van der Waals surface area contributed by atoms with Crippen molar-refractivity contribution in [3.63, 3.8) is 0 Å². The molecule has 1 unspecified atom stereocenters. The van der Waals surface area contributed by atoms with Crippen LogP contribution in [0.15, 0.2) is 18.2 Å². The third-order valence-corrected chi connectivity index (χ3v) is 3.34. The van der Waals surface area contributed by atoms with Gasteiger partial charge in [-0.2, -0.15) is 0 Å². The molecule has 21 heavy (non-hydrogen) atoms. The van der Waals surface area contributed by atoms with Crippen LogP contribution in [0.5, 0.6) is 0 Å². The minimum absolute atomic E-state index is 0.000241. The molecule has 1 rings (SSSR count). The molecule has 5 N–H and O–H groups in total. The van der Waals surface area contributed by atoms with Gasteiger partial charge in [-0.3, -0.25) is 9.59 Å². The van der Waals surface area contributed by atoms with E-state index in [0.29, 0.717) is 12.1 Å². The number of hydrogen-bond acceptors (Lipinski definition) is 3. The molecule has 0 saturated heterocycles. The molecular formula is C15H22ClN3O2. The van der Waals surface area contributed by atoms with E-state index in [2.05, 4.69) is 26.1 Å². The van der Waals surface area contributed by atoms with Crippen molar-refractivity contribution < 1.29 is 9.59 Å². The number of nitrogens with two attached hydrogens (primary N) is 2. The molecule has 0 aliphatic carbocycles. The van der Waals surface area contributed by atoms with Crippen molar-refractivity contribution in [2.45, 2.75) is 27.2 Å². The Balaban J connectivity index is 2.87. The summed E-state index contributed by atoms with van der Waals surface area (Å²) in [4.78, 5) is 23.5. The molecule has 0 heterocycles. The summed E-state index contributed by atoms with van der Waals surface area (Å²) in [5.74, 6) is -1.11. The van der Waals surface area contributed by atoms with Gasteiger partial charge >= 0.3 is 0 Å². The molecule has 116 valence electrons. The lowest BCUT2D eigenvalue weighted by atomic mass is 9.84. The van der Waals surface area contributed by atoms with E-state index in [0.717, 1.165) is 0 Å². The molecule has 0 saturated carbocycles. The zero-order chi connectivity index (χ0) is 16.2. The fourth-order valence-corrected chi connectivity index (χ4v) is 2.27. The number of hydrogen-bond donors (Lipinski definition) is 3. The highest BCUT2D eigenvalue weighted by molar-refractivity contribution is 6.34. The third kappa shape index (κ3) is 5.36. The zero-order valence-corrected chi connectivity index (χ0v) is 13.3. The summed E-state index contributed by atoms with van der Waals surface area (Å²) in [6.07, 6.45) is 0.672. The van der Waals surface area contributed by atoms with Gasteiger partial charge in [0, 0.05) is 12.2 Å². The second-order valence-corrected chi connectivity index (χ2v) is 6.65. The number of carbonyl (C=O) groups is 2. The highest BCUT2D eigenvalue weighted by atomic mass is 35.5. The molecule has 2 amide bonds. The van der Waals surface area contributed by atoms with Crippen LogP contribution in [0.2, 0.25) is 5.02 Å². The van der Waals surface area contributed by atoms with Crippen molar-refractivity contribution in [3.05, 3.63) is 28.8 Å². The van der Waals surface area contributed by atoms with Crippen LogP contribution in [0.25, 0.3) is 0 Å². The molecule has 0 aromatic heterocycles. The smallest absolute Gasteiger partial charge is 0.250 e. The van der Waals surface area contributed by atoms with E-state index in [1.165, 1.54) is 12.1 Å². The molecule has 0 bridgehead atoms. The van der Waals surface area contributed by atoms with Gasteiger partial charge < -0.3 is 16.8 Å². The molecule has 1 aromatic carbocycles. The van der Waals surface area contributed by atoms with Crippen LogP contribution in [-0.4, -0.2) is 18.4 Å². The van der Waals surface area contributed by atoms with Crippen LogP contribution in [-0.2, 0) is 4.79 Å². The molecule has 5 nitrogen and oxygen atoms in total.